The van der Waals surface area contributed by atoms with Gasteiger partial charge in [-0.15, -0.1) is 5.10 Å². The molecule has 1 aromatic carbocycles. The van der Waals surface area contributed by atoms with Crippen LogP contribution in [0.1, 0.15) is 55.5 Å². The fourth-order valence-electron chi connectivity index (χ4n) is 6.39. The van der Waals surface area contributed by atoms with Crippen molar-refractivity contribution in [3.05, 3.63) is 47.4 Å². The summed E-state index contributed by atoms with van der Waals surface area (Å²) in [6.45, 7) is 4.12. The summed E-state index contributed by atoms with van der Waals surface area (Å²) in [7, 11) is 0. The number of hydrogen-bond acceptors (Lipinski definition) is 6. The molecule has 1 saturated carbocycles. The van der Waals surface area contributed by atoms with Gasteiger partial charge in [-0.3, -0.25) is 9.78 Å². The minimum Gasteiger partial charge on any atom is -0.484 e. The second kappa shape index (κ2) is 6.28. The second-order valence-corrected chi connectivity index (χ2v) is 9.87. The number of fused-ring (bicyclic) bond motifs is 3. The van der Waals surface area contributed by atoms with E-state index >= 15 is 0 Å². The van der Waals surface area contributed by atoms with Crippen molar-refractivity contribution in [3.63, 3.8) is 0 Å². The molecular formula is C24H25N5O3. The van der Waals surface area contributed by atoms with E-state index in [9.17, 15) is 4.79 Å². The van der Waals surface area contributed by atoms with Gasteiger partial charge in [0, 0.05) is 30.1 Å². The molecule has 2 aromatic heterocycles. The summed E-state index contributed by atoms with van der Waals surface area (Å²) in [6.07, 6.45) is 8.26. The van der Waals surface area contributed by atoms with Gasteiger partial charge in [0.25, 0.3) is 0 Å². The SMILES string of the molecule is C[C@@H](Oc1ccc2ncc3c(c2c1)CCOC3)c1cn(C23CN4C(=O)CCC4(C2)C3)nn1. The Hall–Kier alpha value is -3.00. The lowest BCUT2D eigenvalue weighted by Gasteiger charge is -2.44. The topological polar surface area (TPSA) is 82.4 Å². The van der Waals surface area contributed by atoms with Crippen LogP contribution in [0.25, 0.3) is 10.9 Å². The predicted octanol–water partition coefficient (Wildman–Crippen LogP) is 2.90. The van der Waals surface area contributed by atoms with Crippen LogP contribution in [0.3, 0.4) is 0 Å². The van der Waals surface area contributed by atoms with Gasteiger partial charge < -0.3 is 14.4 Å². The van der Waals surface area contributed by atoms with Crippen LogP contribution >= 0.6 is 0 Å². The van der Waals surface area contributed by atoms with Crippen molar-refractivity contribution in [3.8, 4) is 5.75 Å². The van der Waals surface area contributed by atoms with Gasteiger partial charge >= 0.3 is 0 Å². The Labute approximate surface area is 185 Å². The fraction of sp³-hybridized carbons (Fsp3) is 0.500. The Bertz CT molecular complexity index is 1260. The van der Waals surface area contributed by atoms with E-state index in [-0.39, 0.29) is 17.2 Å². The monoisotopic (exact) mass is 431 g/mol. The Balaban J connectivity index is 1.13. The van der Waals surface area contributed by atoms with E-state index in [1.54, 1.807) is 0 Å². The van der Waals surface area contributed by atoms with Gasteiger partial charge in [0.1, 0.15) is 17.5 Å². The smallest absolute Gasteiger partial charge is 0.223 e. The molecule has 0 N–H and O–H groups in total. The zero-order valence-corrected chi connectivity index (χ0v) is 18.1. The summed E-state index contributed by atoms with van der Waals surface area (Å²) in [5.41, 5.74) is 4.25. The van der Waals surface area contributed by atoms with Gasteiger partial charge in [-0.2, -0.15) is 0 Å². The van der Waals surface area contributed by atoms with Crippen LogP contribution < -0.4 is 4.74 Å². The zero-order chi connectivity index (χ0) is 21.5. The molecule has 164 valence electrons. The Morgan fingerprint density at radius 1 is 1.22 bits per heavy atom. The van der Waals surface area contributed by atoms with Crippen molar-refractivity contribution in [2.75, 3.05) is 13.2 Å². The Morgan fingerprint density at radius 3 is 3.00 bits per heavy atom. The van der Waals surface area contributed by atoms with E-state index in [0.29, 0.717) is 18.9 Å². The van der Waals surface area contributed by atoms with E-state index in [2.05, 4.69) is 26.3 Å². The quantitative estimate of drug-likeness (QED) is 0.632. The molecular weight excluding hydrogens is 406 g/mol. The van der Waals surface area contributed by atoms with Crippen molar-refractivity contribution in [2.24, 2.45) is 0 Å². The molecule has 2 bridgehead atoms. The molecule has 1 atom stereocenters. The summed E-state index contributed by atoms with van der Waals surface area (Å²) in [6, 6.07) is 6.06. The second-order valence-electron chi connectivity index (χ2n) is 9.87. The molecule has 3 aromatic rings. The highest BCUT2D eigenvalue weighted by Crippen LogP contribution is 2.62. The molecule has 0 unspecified atom stereocenters. The number of ether oxygens (including phenoxy) is 2. The third-order valence-corrected chi connectivity index (χ3v) is 7.97. The lowest BCUT2D eigenvalue weighted by molar-refractivity contribution is -0.128. The van der Waals surface area contributed by atoms with Crippen LogP contribution in [-0.4, -0.2) is 49.5 Å². The summed E-state index contributed by atoms with van der Waals surface area (Å²) in [4.78, 5) is 18.9. The molecule has 1 amide bonds. The van der Waals surface area contributed by atoms with Gasteiger partial charge in [0.05, 0.1) is 30.5 Å². The molecule has 4 fully saturated rings. The Kier molecular flexibility index (Phi) is 3.64. The van der Waals surface area contributed by atoms with Gasteiger partial charge in [0.15, 0.2) is 0 Å². The summed E-state index contributed by atoms with van der Waals surface area (Å²) in [5.74, 6) is 1.09. The minimum atomic E-state index is -0.231. The fourth-order valence-corrected chi connectivity index (χ4v) is 6.39. The minimum absolute atomic E-state index is 0.0865. The molecule has 1 aliphatic carbocycles. The van der Waals surface area contributed by atoms with Crippen LogP contribution in [0, 0.1) is 0 Å². The number of pyridine rings is 1. The highest BCUT2D eigenvalue weighted by molar-refractivity contribution is 5.84. The maximum absolute atomic E-state index is 12.2. The molecule has 3 saturated heterocycles. The summed E-state index contributed by atoms with van der Waals surface area (Å²) in [5, 5.41) is 10.0. The van der Waals surface area contributed by atoms with Crippen molar-refractivity contribution >= 4 is 16.8 Å². The number of carbonyl (C=O) groups excluding carboxylic acids is 1. The molecule has 8 nitrogen and oxygen atoms in total. The van der Waals surface area contributed by atoms with Crippen LogP contribution in [0.2, 0.25) is 0 Å². The molecule has 8 rings (SSSR count). The van der Waals surface area contributed by atoms with Crippen molar-refractivity contribution in [1.29, 1.82) is 0 Å². The first kappa shape index (κ1) is 18.6. The van der Waals surface area contributed by atoms with Gasteiger partial charge in [-0.1, -0.05) is 5.21 Å². The number of carbonyl (C=O) groups is 1. The van der Waals surface area contributed by atoms with Gasteiger partial charge in [-0.05, 0) is 61.9 Å². The number of rotatable bonds is 4. The molecule has 8 heteroatoms. The molecule has 6 heterocycles. The highest BCUT2D eigenvalue weighted by atomic mass is 16.5. The first-order valence-electron chi connectivity index (χ1n) is 11.4. The molecule has 5 aliphatic rings. The van der Waals surface area contributed by atoms with Gasteiger partial charge in [-0.25, -0.2) is 4.68 Å². The van der Waals surface area contributed by atoms with E-state index in [1.165, 1.54) is 5.56 Å². The standard InChI is InChI=1S/C24H25N5O3/c1-15(32-17-2-3-20-19(8-17)18-5-7-31-11-16(18)9-25-20)21-10-29(27-26-21)24-12-23(13-24)6-4-22(30)28(23)14-24/h2-3,8-10,15H,4-7,11-14H2,1H3/t15-,23?,24?/m1/s1. The first-order valence-corrected chi connectivity index (χ1v) is 11.4. The maximum Gasteiger partial charge on any atom is 0.223 e. The number of amides is 1. The van der Waals surface area contributed by atoms with E-state index < -0.39 is 0 Å². The van der Waals surface area contributed by atoms with E-state index in [4.69, 9.17) is 9.47 Å². The normalized spacial score (nSPS) is 29.0. The van der Waals surface area contributed by atoms with Crippen LogP contribution in [-0.2, 0) is 28.1 Å². The number of hydrogen-bond donors (Lipinski definition) is 0. The maximum atomic E-state index is 12.2. The number of aromatic nitrogens is 4. The molecule has 1 spiro atoms. The zero-order valence-electron chi connectivity index (χ0n) is 18.1. The van der Waals surface area contributed by atoms with Crippen molar-refractivity contribution in [1.82, 2.24) is 24.9 Å². The van der Waals surface area contributed by atoms with Crippen LogP contribution in [0.4, 0.5) is 0 Å². The van der Waals surface area contributed by atoms with Crippen molar-refractivity contribution < 1.29 is 14.3 Å². The lowest BCUT2D eigenvalue weighted by Crippen LogP contribution is -2.51. The Morgan fingerprint density at radius 2 is 2.12 bits per heavy atom. The predicted molar refractivity (Wildman–Crippen MR) is 115 cm³/mol. The summed E-state index contributed by atoms with van der Waals surface area (Å²) >= 11 is 0. The number of benzene rings is 1. The number of nitrogens with zero attached hydrogens (tertiary/aromatic N) is 5. The largest absolute Gasteiger partial charge is 0.484 e. The van der Waals surface area contributed by atoms with Crippen molar-refractivity contribution in [2.45, 2.75) is 62.8 Å². The third-order valence-electron chi connectivity index (χ3n) is 7.97. The molecule has 0 radical (unpaired) electrons. The molecule has 32 heavy (non-hydrogen) atoms. The molecule has 4 aliphatic heterocycles. The highest BCUT2D eigenvalue weighted by Gasteiger charge is 2.70. The third kappa shape index (κ3) is 2.47. The van der Waals surface area contributed by atoms with Crippen LogP contribution in [0.5, 0.6) is 5.75 Å². The van der Waals surface area contributed by atoms with Crippen LogP contribution in [0.15, 0.2) is 30.6 Å². The average molecular weight is 431 g/mol. The van der Waals surface area contributed by atoms with E-state index in [1.807, 2.05) is 36.1 Å². The van der Waals surface area contributed by atoms with E-state index in [0.717, 1.165) is 66.7 Å². The average Bonchev–Trinajstić information content (AvgIpc) is 3.53. The lowest BCUT2D eigenvalue weighted by atomic mass is 9.66. The van der Waals surface area contributed by atoms with Gasteiger partial charge in [0.2, 0.25) is 5.91 Å². The first-order chi connectivity index (χ1) is 15.6. The summed E-state index contributed by atoms with van der Waals surface area (Å²) < 4.78 is 13.8.